The number of anilines is 1. The zero-order valence-electron chi connectivity index (χ0n) is 12.1. The Labute approximate surface area is 119 Å². The van der Waals surface area contributed by atoms with Crippen molar-refractivity contribution in [2.24, 2.45) is 0 Å². The van der Waals surface area contributed by atoms with Gasteiger partial charge in [-0.1, -0.05) is 24.3 Å². The summed E-state index contributed by atoms with van der Waals surface area (Å²) >= 11 is 0. The average molecular weight is 265 g/mol. The minimum absolute atomic E-state index is 0.375. The van der Waals surface area contributed by atoms with Crippen LogP contribution in [0.25, 0.3) is 0 Å². The molecule has 4 rings (SSSR count). The molecule has 1 aliphatic heterocycles. The first-order chi connectivity index (χ1) is 9.59. The summed E-state index contributed by atoms with van der Waals surface area (Å²) in [6.45, 7) is 6.16. The van der Waals surface area contributed by atoms with E-state index in [1.54, 1.807) is 0 Å². The van der Waals surface area contributed by atoms with Gasteiger partial charge in [-0.05, 0) is 60.6 Å². The van der Waals surface area contributed by atoms with Gasteiger partial charge in [0.2, 0.25) is 0 Å². The summed E-state index contributed by atoms with van der Waals surface area (Å²) in [5, 5.41) is 14.1. The van der Waals surface area contributed by atoms with Crippen LogP contribution in [0.5, 0.6) is 5.75 Å². The molecular formula is C18H19NO. The van der Waals surface area contributed by atoms with Gasteiger partial charge in [-0.2, -0.15) is 0 Å². The number of hydrogen-bond acceptors (Lipinski definition) is 2. The second-order valence-corrected chi connectivity index (χ2v) is 6.14. The second-order valence-electron chi connectivity index (χ2n) is 6.14. The Hall–Kier alpha value is -1.96. The Morgan fingerprint density at radius 1 is 1.05 bits per heavy atom. The minimum atomic E-state index is 0.375. The van der Waals surface area contributed by atoms with Gasteiger partial charge in [0.1, 0.15) is 5.75 Å². The van der Waals surface area contributed by atoms with Crippen molar-refractivity contribution in [1.82, 2.24) is 0 Å². The highest BCUT2D eigenvalue weighted by molar-refractivity contribution is 5.74. The summed E-state index contributed by atoms with van der Waals surface area (Å²) in [6, 6.07) is 9.07. The van der Waals surface area contributed by atoms with Crippen LogP contribution < -0.4 is 5.32 Å². The largest absolute Gasteiger partial charge is 0.507 e. The molecule has 2 nitrogen and oxygen atoms in total. The molecule has 102 valence electrons. The van der Waals surface area contributed by atoms with E-state index in [4.69, 9.17) is 0 Å². The smallest absolute Gasteiger partial charge is 0.122 e. The molecular weight excluding hydrogens is 246 g/mol. The SMILES string of the molecule is Cc1c(C)c2c(c(C)c1O)[C@H]1Cc3ccccc3[C@H]1N2. The molecule has 0 spiro atoms. The third-order valence-corrected chi connectivity index (χ3v) is 5.22. The summed E-state index contributed by atoms with van der Waals surface area (Å²) in [6.07, 6.45) is 1.07. The van der Waals surface area contributed by atoms with Crippen LogP contribution in [-0.4, -0.2) is 5.11 Å². The first-order valence-corrected chi connectivity index (χ1v) is 7.26. The van der Waals surface area contributed by atoms with Crippen LogP contribution in [0.2, 0.25) is 0 Å². The van der Waals surface area contributed by atoms with Crippen molar-refractivity contribution in [2.45, 2.75) is 39.2 Å². The van der Waals surface area contributed by atoms with Crippen molar-refractivity contribution >= 4 is 5.69 Å². The summed E-state index contributed by atoms with van der Waals surface area (Å²) in [5.41, 5.74) is 8.68. The van der Waals surface area contributed by atoms with Gasteiger partial charge < -0.3 is 10.4 Å². The van der Waals surface area contributed by atoms with Crippen LogP contribution >= 0.6 is 0 Å². The summed E-state index contributed by atoms with van der Waals surface area (Å²) in [5.74, 6) is 0.937. The van der Waals surface area contributed by atoms with Crippen LogP contribution in [0, 0.1) is 20.8 Å². The van der Waals surface area contributed by atoms with Crippen molar-refractivity contribution in [3.8, 4) is 5.75 Å². The number of fused-ring (bicyclic) bond motifs is 5. The van der Waals surface area contributed by atoms with Gasteiger partial charge >= 0.3 is 0 Å². The molecule has 0 unspecified atom stereocenters. The van der Waals surface area contributed by atoms with Gasteiger partial charge in [-0.15, -0.1) is 0 Å². The van der Waals surface area contributed by atoms with Gasteiger partial charge in [0.25, 0.3) is 0 Å². The molecule has 0 fully saturated rings. The van der Waals surface area contributed by atoms with Crippen molar-refractivity contribution in [3.05, 3.63) is 57.6 Å². The highest BCUT2D eigenvalue weighted by Gasteiger charge is 2.41. The van der Waals surface area contributed by atoms with E-state index in [2.05, 4.69) is 36.5 Å². The molecule has 2 atom stereocenters. The van der Waals surface area contributed by atoms with Crippen molar-refractivity contribution < 1.29 is 5.11 Å². The Balaban J connectivity index is 1.93. The Morgan fingerprint density at radius 3 is 2.60 bits per heavy atom. The van der Waals surface area contributed by atoms with Gasteiger partial charge in [0.05, 0.1) is 6.04 Å². The molecule has 1 heterocycles. The van der Waals surface area contributed by atoms with Crippen LogP contribution in [-0.2, 0) is 6.42 Å². The summed E-state index contributed by atoms with van der Waals surface area (Å²) < 4.78 is 0. The third-order valence-electron chi connectivity index (χ3n) is 5.22. The van der Waals surface area contributed by atoms with E-state index in [0.29, 0.717) is 17.7 Å². The van der Waals surface area contributed by atoms with Gasteiger partial charge in [0, 0.05) is 11.6 Å². The highest BCUT2D eigenvalue weighted by atomic mass is 16.3. The van der Waals surface area contributed by atoms with E-state index in [-0.39, 0.29) is 0 Å². The van der Waals surface area contributed by atoms with Gasteiger partial charge in [-0.3, -0.25) is 0 Å². The number of aromatic hydroxyl groups is 1. The fraction of sp³-hybridized carbons (Fsp3) is 0.333. The predicted molar refractivity (Wildman–Crippen MR) is 81.6 cm³/mol. The maximum absolute atomic E-state index is 10.4. The molecule has 2 N–H and O–H groups in total. The normalized spacial score (nSPS) is 22.1. The van der Waals surface area contributed by atoms with Gasteiger partial charge in [-0.25, -0.2) is 0 Å². The number of phenolic OH excluding ortho intramolecular Hbond substituents is 1. The van der Waals surface area contributed by atoms with Crippen LogP contribution in [0.3, 0.4) is 0 Å². The Morgan fingerprint density at radius 2 is 1.80 bits per heavy atom. The Kier molecular flexibility index (Phi) is 2.24. The monoisotopic (exact) mass is 265 g/mol. The fourth-order valence-corrected chi connectivity index (χ4v) is 4.01. The number of benzene rings is 2. The molecule has 2 heteroatoms. The zero-order chi connectivity index (χ0) is 14.0. The fourth-order valence-electron chi connectivity index (χ4n) is 4.01. The first-order valence-electron chi connectivity index (χ1n) is 7.26. The van der Waals surface area contributed by atoms with Crippen molar-refractivity contribution in [3.63, 3.8) is 0 Å². The molecule has 0 radical (unpaired) electrons. The number of phenols is 1. The molecule has 2 aromatic rings. The van der Waals surface area contributed by atoms with Crippen LogP contribution in [0.15, 0.2) is 24.3 Å². The van der Waals surface area contributed by atoms with E-state index in [1.165, 1.54) is 27.9 Å². The molecule has 0 amide bonds. The lowest BCUT2D eigenvalue weighted by atomic mass is 9.88. The Bertz CT molecular complexity index is 733. The van der Waals surface area contributed by atoms with Crippen LogP contribution in [0.1, 0.15) is 45.3 Å². The van der Waals surface area contributed by atoms with Crippen molar-refractivity contribution in [2.75, 3.05) is 5.32 Å². The topological polar surface area (TPSA) is 32.3 Å². The third kappa shape index (κ3) is 1.29. The molecule has 0 bridgehead atoms. The zero-order valence-corrected chi connectivity index (χ0v) is 12.1. The van der Waals surface area contributed by atoms with Gasteiger partial charge in [0.15, 0.2) is 0 Å². The first kappa shape index (κ1) is 11.8. The molecule has 0 saturated carbocycles. The maximum atomic E-state index is 10.4. The van der Waals surface area contributed by atoms with Crippen LogP contribution in [0.4, 0.5) is 5.69 Å². The second kappa shape index (κ2) is 3.78. The molecule has 2 aliphatic rings. The standard InChI is InChI=1S/C18H19NO/c1-9-10(2)18(20)11(3)15-14-8-12-6-4-5-7-13(12)17(14)19-16(9)15/h4-7,14,17,19-20H,8H2,1-3H3/t14-,17-/m1/s1. The highest BCUT2D eigenvalue weighted by Crippen LogP contribution is 2.55. The van der Waals surface area contributed by atoms with E-state index in [9.17, 15) is 5.11 Å². The van der Waals surface area contributed by atoms with E-state index < -0.39 is 0 Å². The number of hydrogen-bond donors (Lipinski definition) is 2. The number of nitrogens with one attached hydrogen (secondary N) is 1. The lowest BCUT2D eigenvalue weighted by Gasteiger charge is -2.16. The lowest BCUT2D eigenvalue weighted by Crippen LogP contribution is -2.05. The molecule has 0 saturated heterocycles. The predicted octanol–water partition coefficient (Wildman–Crippen LogP) is 4.12. The maximum Gasteiger partial charge on any atom is 0.122 e. The summed E-state index contributed by atoms with van der Waals surface area (Å²) in [4.78, 5) is 0. The number of rotatable bonds is 0. The molecule has 2 aromatic carbocycles. The average Bonchev–Trinajstić information content (AvgIpc) is 2.98. The quantitative estimate of drug-likeness (QED) is 0.702. The molecule has 1 aliphatic carbocycles. The molecule has 20 heavy (non-hydrogen) atoms. The van der Waals surface area contributed by atoms with Crippen molar-refractivity contribution in [1.29, 1.82) is 0 Å². The molecule has 0 aromatic heterocycles. The minimum Gasteiger partial charge on any atom is -0.507 e. The van der Waals surface area contributed by atoms with E-state index >= 15 is 0 Å². The summed E-state index contributed by atoms with van der Waals surface area (Å²) in [7, 11) is 0. The van der Waals surface area contributed by atoms with E-state index in [1.807, 2.05) is 13.8 Å². The lowest BCUT2D eigenvalue weighted by molar-refractivity contribution is 0.464. The van der Waals surface area contributed by atoms with E-state index in [0.717, 1.165) is 17.5 Å².